The standard InChI is InChI=1S/C8H8NO2.3CH3.Sn/c1-2-11-8(10)7-5-3-4-6-9-7;;;;/h3-5H,2H2,1H3;3*1H3;. The fraction of sp³-hybridized carbons (Fsp3) is 0.455. The van der Waals surface area contributed by atoms with Gasteiger partial charge in [-0.1, -0.05) is 0 Å². The summed E-state index contributed by atoms with van der Waals surface area (Å²) in [6.45, 7) is 2.19. The molecular formula is C11H17NO2Sn. The number of carbonyl (C=O) groups excluding carboxylic acids is 1. The Morgan fingerprint density at radius 1 is 1.40 bits per heavy atom. The number of nitrogens with zero attached hydrogens (tertiary/aromatic N) is 1. The molecule has 1 aromatic rings. The maximum atomic E-state index is 11.5. The van der Waals surface area contributed by atoms with Gasteiger partial charge in [0.05, 0.1) is 0 Å². The molecule has 0 N–H and O–H groups in total. The first kappa shape index (κ1) is 12.5. The van der Waals surface area contributed by atoms with E-state index in [9.17, 15) is 4.79 Å². The summed E-state index contributed by atoms with van der Waals surface area (Å²) in [7, 11) is 0. The molecule has 0 bridgehead atoms. The third-order valence-corrected chi connectivity index (χ3v) is 7.18. The number of esters is 1. The summed E-state index contributed by atoms with van der Waals surface area (Å²) in [5.41, 5.74) is 0.431. The van der Waals surface area contributed by atoms with E-state index in [1.165, 1.54) is 0 Å². The zero-order chi connectivity index (χ0) is 11.5. The van der Waals surface area contributed by atoms with Gasteiger partial charge in [-0.05, 0) is 0 Å². The van der Waals surface area contributed by atoms with Crippen molar-refractivity contribution in [3.63, 3.8) is 0 Å². The van der Waals surface area contributed by atoms with Gasteiger partial charge in [0, 0.05) is 0 Å². The molecule has 4 heteroatoms. The molecule has 0 aromatic carbocycles. The van der Waals surface area contributed by atoms with E-state index in [0.29, 0.717) is 12.3 Å². The van der Waals surface area contributed by atoms with E-state index in [0.717, 1.165) is 3.71 Å². The zero-order valence-electron chi connectivity index (χ0n) is 9.70. The first-order valence-corrected chi connectivity index (χ1v) is 15.1. The molecule has 0 spiro atoms. The third-order valence-electron chi connectivity index (χ3n) is 2.00. The molecule has 0 unspecified atom stereocenters. The van der Waals surface area contributed by atoms with Crippen molar-refractivity contribution in [2.45, 2.75) is 21.7 Å². The summed E-state index contributed by atoms with van der Waals surface area (Å²) in [6, 6.07) is 5.61. The second-order valence-corrected chi connectivity index (χ2v) is 18.7. The first-order valence-electron chi connectivity index (χ1n) is 5.10. The van der Waals surface area contributed by atoms with Gasteiger partial charge in [-0.15, -0.1) is 0 Å². The number of hydrogen-bond donors (Lipinski definition) is 0. The molecule has 82 valence electrons. The van der Waals surface area contributed by atoms with E-state index in [2.05, 4.69) is 19.8 Å². The molecule has 0 fully saturated rings. The number of aromatic nitrogens is 1. The summed E-state index contributed by atoms with van der Waals surface area (Å²) in [5, 5.41) is 0. The van der Waals surface area contributed by atoms with Crippen molar-refractivity contribution >= 4 is 28.1 Å². The van der Waals surface area contributed by atoms with Gasteiger partial charge in [0.15, 0.2) is 0 Å². The molecule has 0 aliphatic carbocycles. The van der Waals surface area contributed by atoms with E-state index in [1.807, 2.05) is 12.1 Å². The fourth-order valence-corrected chi connectivity index (χ4v) is 4.17. The topological polar surface area (TPSA) is 39.2 Å². The average Bonchev–Trinajstić information content (AvgIpc) is 2.17. The Morgan fingerprint density at radius 2 is 2.07 bits per heavy atom. The van der Waals surface area contributed by atoms with Crippen LogP contribution in [0.3, 0.4) is 0 Å². The normalized spacial score (nSPS) is 11.2. The third kappa shape index (κ3) is 3.48. The number of ether oxygens (including phenoxy) is 1. The molecule has 0 saturated heterocycles. The average molecular weight is 314 g/mol. The van der Waals surface area contributed by atoms with Gasteiger partial charge in [0.25, 0.3) is 0 Å². The Kier molecular flexibility index (Phi) is 4.13. The molecule has 15 heavy (non-hydrogen) atoms. The van der Waals surface area contributed by atoms with Gasteiger partial charge >= 0.3 is 94.8 Å². The second-order valence-electron chi connectivity index (χ2n) is 4.38. The molecule has 1 aromatic heterocycles. The molecule has 3 nitrogen and oxygen atoms in total. The number of pyridine rings is 1. The van der Waals surface area contributed by atoms with Crippen molar-refractivity contribution in [3.8, 4) is 0 Å². The van der Waals surface area contributed by atoms with E-state index in [1.54, 1.807) is 13.0 Å². The van der Waals surface area contributed by atoms with Crippen LogP contribution < -0.4 is 3.71 Å². The quantitative estimate of drug-likeness (QED) is 0.631. The SMILES string of the molecule is CCOC(=O)c1ccc[c]([Sn]([CH3])([CH3])[CH3])n1. The van der Waals surface area contributed by atoms with Crippen LogP contribution in [0, 0.1) is 0 Å². The number of hydrogen-bond acceptors (Lipinski definition) is 3. The Morgan fingerprint density at radius 3 is 2.60 bits per heavy atom. The van der Waals surface area contributed by atoms with E-state index < -0.39 is 18.4 Å². The van der Waals surface area contributed by atoms with Crippen molar-refractivity contribution in [2.75, 3.05) is 6.61 Å². The van der Waals surface area contributed by atoms with Crippen molar-refractivity contribution in [1.82, 2.24) is 4.98 Å². The second kappa shape index (κ2) is 4.96. The molecule has 0 saturated carbocycles. The van der Waals surface area contributed by atoms with Crippen LogP contribution >= 0.6 is 0 Å². The summed E-state index contributed by atoms with van der Waals surface area (Å²) >= 11 is -2.17. The van der Waals surface area contributed by atoms with E-state index in [-0.39, 0.29) is 5.97 Å². The first-order chi connectivity index (χ1) is 6.95. The van der Waals surface area contributed by atoms with E-state index in [4.69, 9.17) is 4.74 Å². The van der Waals surface area contributed by atoms with Crippen LogP contribution in [0.2, 0.25) is 14.8 Å². The van der Waals surface area contributed by atoms with Crippen molar-refractivity contribution in [1.29, 1.82) is 0 Å². The molecule has 0 atom stereocenters. The molecule has 1 heterocycles. The molecule has 0 aliphatic heterocycles. The summed E-state index contributed by atoms with van der Waals surface area (Å²) < 4.78 is 6.02. The van der Waals surface area contributed by atoms with Crippen molar-refractivity contribution in [2.24, 2.45) is 0 Å². The summed E-state index contributed by atoms with van der Waals surface area (Å²) in [6.07, 6.45) is 0. The van der Waals surface area contributed by atoms with Gasteiger partial charge in [-0.25, -0.2) is 0 Å². The van der Waals surface area contributed by atoms with Crippen LogP contribution in [0.1, 0.15) is 17.4 Å². The van der Waals surface area contributed by atoms with Gasteiger partial charge in [-0.2, -0.15) is 0 Å². The van der Waals surface area contributed by atoms with Crippen LogP contribution in [-0.2, 0) is 4.74 Å². The monoisotopic (exact) mass is 315 g/mol. The van der Waals surface area contributed by atoms with Gasteiger partial charge in [0.1, 0.15) is 0 Å². The van der Waals surface area contributed by atoms with Crippen molar-refractivity contribution in [3.05, 3.63) is 23.9 Å². The molecule has 0 aliphatic rings. The predicted molar refractivity (Wildman–Crippen MR) is 63.2 cm³/mol. The van der Waals surface area contributed by atoms with Gasteiger partial charge in [0.2, 0.25) is 0 Å². The Hall–Kier alpha value is -0.581. The minimum atomic E-state index is -2.17. The fourth-order valence-electron chi connectivity index (χ4n) is 1.17. The Balaban J connectivity index is 2.98. The maximum absolute atomic E-state index is 11.5. The molecular weight excluding hydrogens is 297 g/mol. The molecule has 0 radical (unpaired) electrons. The van der Waals surface area contributed by atoms with Crippen LogP contribution in [0.4, 0.5) is 0 Å². The summed E-state index contributed by atoms with van der Waals surface area (Å²) in [4.78, 5) is 22.7. The number of rotatable bonds is 3. The van der Waals surface area contributed by atoms with Crippen LogP contribution in [0.5, 0.6) is 0 Å². The molecule has 1 rings (SSSR count). The van der Waals surface area contributed by atoms with Crippen LogP contribution in [-0.4, -0.2) is 35.9 Å². The van der Waals surface area contributed by atoms with Crippen LogP contribution in [0.15, 0.2) is 18.2 Å². The van der Waals surface area contributed by atoms with Crippen molar-refractivity contribution < 1.29 is 9.53 Å². The van der Waals surface area contributed by atoms with Gasteiger partial charge < -0.3 is 0 Å². The summed E-state index contributed by atoms with van der Waals surface area (Å²) in [5.74, 6) is -0.324. The molecule has 0 amide bonds. The predicted octanol–water partition coefficient (Wildman–Crippen LogP) is 1.80. The zero-order valence-corrected chi connectivity index (χ0v) is 12.6. The Labute approximate surface area is 94.7 Å². The van der Waals surface area contributed by atoms with Gasteiger partial charge in [-0.3, -0.25) is 0 Å². The Bertz CT molecular complexity index is 358. The minimum absolute atomic E-state index is 0.324. The van der Waals surface area contributed by atoms with Crippen LogP contribution in [0.25, 0.3) is 0 Å². The number of carbonyl (C=O) groups is 1. The van der Waals surface area contributed by atoms with E-state index >= 15 is 0 Å².